The molecule has 2 aromatic carbocycles. The fourth-order valence-corrected chi connectivity index (χ4v) is 6.57. The van der Waals surface area contributed by atoms with Crippen LogP contribution in [0.25, 0.3) is 5.69 Å². The van der Waals surface area contributed by atoms with Crippen LogP contribution in [-0.4, -0.2) is 74.7 Å². The summed E-state index contributed by atoms with van der Waals surface area (Å²) in [7, 11) is 0. The standard InChI is InChI=1S/C30H37N7O6S3/c1-6-40-21-13-11-20(12-14-21)37-24(33-35-29(37)45-18-25(38)32-28-34-36-30(46-28)44-10-5)17-31-27(39)19-15-22(41-7-2)26(43-9-4)23(16-19)42-8-3/h11-16H,6-10,17-18H2,1-5H3,(H,31,39)(H,32,34,38). The molecule has 0 saturated heterocycles. The summed E-state index contributed by atoms with van der Waals surface area (Å²) < 4.78 is 25.5. The highest BCUT2D eigenvalue weighted by Gasteiger charge is 2.21. The lowest BCUT2D eigenvalue weighted by Crippen LogP contribution is -2.25. The van der Waals surface area contributed by atoms with Gasteiger partial charge in [-0.1, -0.05) is 41.8 Å². The number of hydrogen-bond donors (Lipinski definition) is 2. The summed E-state index contributed by atoms with van der Waals surface area (Å²) in [5.74, 6) is 2.78. The number of rotatable bonds is 18. The summed E-state index contributed by atoms with van der Waals surface area (Å²) in [5.41, 5.74) is 1.08. The van der Waals surface area contributed by atoms with Gasteiger partial charge >= 0.3 is 0 Å². The zero-order chi connectivity index (χ0) is 32.9. The average molecular weight is 688 g/mol. The van der Waals surface area contributed by atoms with Gasteiger partial charge < -0.3 is 24.3 Å². The first kappa shape index (κ1) is 34.8. The van der Waals surface area contributed by atoms with Crippen LogP contribution in [0.3, 0.4) is 0 Å². The molecule has 4 aromatic rings. The highest BCUT2D eigenvalue weighted by Crippen LogP contribution is 2.39. The zero-order valence-electron chi connectivity index (χ0n) is 26.3. The molecule has 16 heteroatoms. The Kier molecular flexibility index (Phi) is 13.3. The molecule has 0 aliphatic rings. The van der Waals surface area contributed by atoms with E-state index in [4.69, 9.17) is 18.9 Å². The molecule has 0 fully saturated rings. The van der Waals surface area contributed by atoms with Gasteiger partial charge in [-0.2, -0.15) is 0 Å². The van der Waals surface area contributed by atoms with E-state index in [0.717, 1.165) is 15.8 Å². The molecule has 0 bridgehead atoms. The van der Waals surface area contributed by atoms with E-state index in [0.29, 0.717) is 71.1 Å². The number of nitrogens with zero attached hydrogens (tertiary/aromatic N) is 5. The maximum absolute atomic E-state index is 13.4. The SMILES string of the molecule is CCOc1ccc(-n2c(CNC(=O)c3cc(OCC)c(OCC)c(OCC)c3)nnc2SCC(=O)Nc2nnc(SCC)s2)cc1. The van der Waals surface area contributed by atoms with Crippen molar-refractivity contribution in [2.45, 2.75) is 50.7 Å². The summed E-state index contributed by atoms with van der Waals surface area (Å²) in [5, 5.41) is 23.4. The molecule has 13 nitrogen and oxygen atoms in total. The van der Waals surface area contributed by atoms with Crippen molar-refractivity contribution in [1.29, 1.82) is 0 Å². The van der Waals surface area contributed by atoms with E-state index in [-0.39, 0.29) is 24.1 Å². The van der Waals surface area contributed by atoms with Gasteiger partial charge in [0.05, 0.1) is 38.7 Å². The third kappa shape index (κ3) is 9.26. The van der Waals surface area contributed by atoms with Gasteiger partial charge in [0.15, 0.2) is 26.8 Å². The Balaban J connectivity index is 1.54. The Morgan fingerprint density at radius 1 is 0.826 bits per heavy atom. The van der Waals surface area contributed by atoms with Crippen LogP contribution in [0.15, 0.2) is 45.9 Å². The Labute approximate surface area is 280 Å². The molecule has 2 N–H and O–H groups in total. The van der Waals surface area contributed by atoms with Gasteiger partial charge in [-0.05, 0) is 69.8 Å². The van der Waals surface area contributed by atoms with Gasteiger partial charge in [-0.25, -0.2) is 0 Å². The Hall–Kier alpha value is -4.02. The Bertz CT molecular complexity index is 1570. The molecule has 0 spiro atoms. The Morgan fingerprint density at radius 2 is 1.50 bits per heavy atom. The third-order valence-corrected chi connectivity index (χ3v) is 8.72. The molecule has 246 valence electrons. The quantitative estimate of drug-likeness (QED) is 0.101. The van der Waals surface area contributed by atoms with Gasteiger partial charge in [-0.3, -0.25) is 19.5 Å². The maximum Gasteiger partial charge on any atom is 0.251 e. The molecule has 0 aliphatic heterocycles. The molecule has 0 aliphatic carbocycles. The Morgan fingerprint density at radius 3 is 2.13 bits per heavy atom. The summed E-state index contributed by atoms with van der Waals surface area (Å²) in [6.07, 6.45) is 0. The first-order valence-corrected chi connectivity index (χ1v) is 17.6. The van der Waals surface area contributed by atoms with E-state index in [2.05, 4.69) is 31.0 Å². The smallest absolute Gasteiger partial charge is 0.251 e. The van der Waals surface area contributed by atoms with E-state index >= 15 is 0 Å². The largest absolute Gasteiger partial charge is 0.494 e. The van der Waals surface area contributed by atoms with Crippen LogP contribution in [0.2, 0.25) is 0 Å². The van der Waals surface area contributed by atoms with Gasteiger partial charge in [0.25, 0.3) is 5.91 Å². The van der Waals surface area contributed by atoms with E-state index in [1.165, 1.54) is 23.1 Å². The monoisotopic (exact) mass is 687 g/mol. The van der Waals surface area contributed by atoms with Gasteiger partial charge in [0.2, 0.25) is 16.8 Å². The average Bonchev–Trinajstić information content (AvgIpc) is 3.67. The third-order valence-electron chi connectivity index (χ3n) is 5.94. The van der Waals surface area contributed by atoms with Crippen LogP contribution in [0.5, 0.6) is 23.0 Å². The maximum atomic E-state index is 13.4. The van der Waals surface area contributed by atoms with Crippen molar-refractivity contribution in [3.8, 4) is 28.7 Å². The number of benzene rings is 2. The van der Waals surface area contributed by atoms with Crippen molar-refractivity contribution >= 4 is 51.8 Å². The van der Waals surface area contributed by atoms with Crippen molar-refractivity contribution in [3.63, 3.8) is 0 Å². The number of amides is 2. The van der Waals surface area contributed by atoms with Crippen molar-refractivity contribution in [3.05, 3.63) is 47.8 Å². The molecule has 0 unspecified atom stereocenters. The number of ether oxygens (including phenoxy) is 4. The first-order chi connectivity index (χ1) is 22.4. The van der Waals surface area contributed by atoms with Crippen molar-refractivity contribution in [2.75, 3.05) is 43.3 Å². The van der Waals surface area contributed by atoms with Crippen LogP contribution < -0.4 is 29.6 Å². The second-order valence-electron chi connectivity index (χ2n) is 9.09. The van der Waals surface area contributed by atoms with Crippen molar-refractivity contribution < 1.29 is 28.5 Å². The summed E-state index contributed by atoms with van der Waals surface area (Å²) >= 11 is 4.10. The minimum Gasteiger partial charge on any atom is -0.494 e. The number of aromatic nitrogens is 5. The predicted molar refractivity (Wildman–Crippen MR) is 179 cm³/mol. The number of nitrogens with one attached hydrogen (secondary N) is 2. The van der Waals surface area contributed by atoms with E-state index in [1.54, 1.807) is 28.5 Å². The number of hydrogen-bond acceptors (Lipinski definition) is 13. The lowest BCUT2D eigenvalue weighted by Gasteiger charge is -2.17. The molecule has 2 heterocycles. The van der Waals surface area contributed by atoms with E-state index in [9.17, 15) is 9.59 Å². The lowest BCUT2D eigenvalue weighted by molar-refractivity contribution is -0.113. The van der Waals surface area contributed by atoms with Crippen molar-refractivity contribution in [1.82, 2.24) is 30.3 Å². The second-order valence-corrected chi connectivity index (χ2v) is 12.5. The highest BCUT2D eigenvalue weighted by molar-refractivity contribution is 8.01. The topological polar surface area (TPSA) is 152 Å². The number of anilines is 1. The predicted octanol–water partition coefficient (Wildman–Crippen LogP) is 5.49. The first-order valence-electron chi connectivity index (χ1n) is 14.8. The van der Waals surface area contributed by atoms with E-state index in [1.807, 2.05) is 58.9 Å². The molecule has 2 aromatic heterocycles. The second kappa shape index (κ2) is 17.6. The van der Waals surface area contributed by atoms with Gasteiger partial charge in [0, 0.05) is 11.3 Å². The molecule has 46 heavy (non-hydrogen) atoms. The molecule has 0 saturated carbocycles. The minimum atomic E-state index is -0.363. The normalized spacial score (nSPS) is 10.8. The zero-order valence-corrected chi connectivity index (χ0v) is 28.8. The highest BCUT2D eigenvalue weighted by atomic mass is 32.2. The number of thioether (sulfide) groups is 2. The molecular weight excluding hydrogens is 651 g/mol. The molecule has 0 atom stereocenters. The van der Waals surface area contributed by atoms with Crippen LogP contribution >= 0.6 is 34.9 Å². The van der Waals surface area contributed by atoms with Crippen LogP contribution in [0, 0.1) is 0 Å². The number of carbonyl (C=O) groups is 2. The molecule has 0 radical (unpaired) electrons. The number of carbonyl (C=O) groups excluding carboxylic acids is 2. The lowest BCUT2D eigenvalue weighted by atomic mass is 10.1. The molecule has 4 rings (SSSR count). The van der Waals surface area contributed by atoms with Crippen LogP contribution in [-0.2, 0) is 11.3 Å². The minimum absolute atomic E-state index is 0.0512. The van der Waals surface area contributed by atoms with E-state index < -0.39 is 0 Å². The summed E-state index contributed by atoms with van der Waals surface area (Å²) in [6.45, 7) is 11.3. The summed E-state index contributed by atoms with van der Waals surface area (Å²) in [6, 6.07) is 10.7. The van der Waals surface area contributed by atoms with Gasteiger partial charge in [0.1, 0.15) is 5.75 Å². The molecular formula is C30H37N7O6S3. The molecule has 2 amide bonds. The van der Waals surface area contributed by atoms with Crippen LogP contribution in [0.4, 0.5) is 5.13 Å². The van der Waals surface area contributed by atoms with Crippen molar-refractivity contribution in [2.24, 2.45) is 0 Å². The van der Waals surface area contributed by atoms with Crippen LogP contribution in [0.1, 0.15) is 50.8 Å². The fraction of sp³-hybridized carbons (Fsp3) is 0.400. The fourth-order valence-electron chi connectivity index (χ4n) is 4.13. The van der Waals surface area contributed by atoms with Gasteiger partial charge in [-0.15, -0.1) is 20.4 Å². The summed E-state index contributed by atoms with van der Waals surface area (Å²) in [4.78, 5) is 26.1.